The molecule has 1 aliphatic carbocycles. The maximum atomic E-state index is 12.4. The number of nitrogens with zero attached hydrogens (tertiary/aromatic N) is 2. The molecule has 3 fully saturated rings. The summed E-state index contributed by atoms with van der Waals surface area (Å²) < 4.78 is 0. The van der Waals surface area contributed by atoms with Gasteiger partial charge in [-0.3, -0.25) is 14.5 Å². The number of hydrogen-bond donors (Lipinski definition) is 2. The maximum Gasteiger partial charge on any atom is 0.234 e. The normalized spacial score (nSPS) is 28.2. The summed E-state index contributed by atoms with van der Waals surface area (Å²) in [4.78, 5) is 28.8. The maximum absolute atomic E-state index is 12.4. The second kappa shape index (κ2) is 12.9. The fourth-order valence-electron chi connectivity index (χ4n) is 4.48. The van der Waals surface area contributed by atoms with Crippen molar-refractivity contribution in [3.8, 4) is 0 Å². The van der Waals surface area contributed by atoms with Crippen molar-refractivity contribution in [1.82, 2.24) is 20.4 Å². The molecule has 2 N–H and O–H groups in total. The van der Waals surface area contributed by atoms with Gasteiger partial charge in [0.15, 0.2) is 0 Å². The number of hydrogen-bond acceptors (Lipinski definition) is 4. The van der Waals surface area contributed by atoms with E-state index in [0.717, 1.165) is 64.4 Å². The Morgan fingerprint density at radius 3 is 2.29 bits per heavy atom. The lowest BCUT2D eigenvalue weighted by Gasteiger charge is -2.35. The molecule has 0 bridgehead atoms. The van der Waals surface area contributed by atoms with Crippen LogP contribution in [0, 0.1) is 11.8 Å². The van der Waals surface area contributed by atoms with E-state index in [1.165, 1.54) is 19.3 Å². The number of amides is 2. The van der Waals surface area contributed by atoms with Crippen LogP contribution in [0.5, 0.6) is 0 Å². The van der Waals surface area contributed by atoms with Crippen molar-refractivity contribution in [2.75, 3.05) is 45.8 Å². The summed E-state index contributed by atoms with van der Waals surface area (Å²) in [6.45, 7) is 8.07. The highest BCUT2D eigenvalue weighted by Crippen LogP contribution is 2.23. The monoisotopic (exact) mass is 436 g/mol. The molecule has 0 aromatic heterocycles. The lowest BCUT2D eigenvalue weighted by Crippen LogP contribution is -2.52. The molecule has 3 aliphatic rings. The van der Waals surface area contributed by atoms with Crippen LogP contribution in [0.2, 0.25) is 0 Å². The Balaban J connectivity index is 0.00000196. The van der Waals surface area contributed by atoms with Crippen LogP contribution in [0.4, 0.5) is 0 Å². The third kappa shape index (κ3) is 8.05. The molecule has 0 radical (unpaired) electrons. The van der Waals surface area contributed by atoms with Crippen LogP contribution in [0.3, 0.4) is 0 Å². The summed E-state index contributed by atoms with van der Waals surface area (Å²) in [6.07, 6.45) is 7.57. The molecule has 3 rings (SSSR count). The van der Waals surface area contributed by atoms with E-state index >= 15 is 0 Å². The highest BCUT2D eigenvalue weighted by atomic mass is 35.5. The SMILES string of the molecule is CC1CCC(NC(=O)CN2CCN(C(=O)CCC3CCNC3)CC2)CC1.Cl.Cl. The van der Waals surface area contributed by atoms with Gasteiger partial charge >= 0.3 is 0 Å². The van der Waals surface area contributed by atoms with Gasteiger partial charge in [0, 0.05) is 38.6 Å². The molecule has 1 unspecified atom stereocenters. The van der Waals surface area contributed by atoms with Gasteiger partial charge in [-0.1, -0.05) is 6.92 Å². The van der Waals surface area contributed by atoms with Gasteiger partial charge < -0.3 is 15.5 Å². The molecular weight excluding hydrogens is 399 g/mol. The molecule has 0 aromatic carbocycles. The van der Waals surface area contributed by atoms with E-state index in [9.17, 15) is 9.59 Å². The Kier molecular flexibility index (Phi) is 11.7. The number of carbonyl (C=O) groups is 2. The Labute approximate surface area is 182 Å². The van der Waals surface area contributed by atoms with E-state index in [1.807, 2.05) is 4.90 Å². The van der Waals surface area contributed by atoms with Crippen LogP contribution in [-0.2, 0) is 9.59 Å². The summed E-state index contributed by atoms with van der Waals surface area (Å²) in [6, 6.07) is 0.367. The second-order valence-electron chi connectivity index (χ2n) is 8.58. The number of nitrogens with one attached hydrogen (secondary N) is 2. The van der Waals surface area contributed by atoms with Crippen LogP contribution >= 0.6 is 24.8 Å². The van der Waals surface area contributed by atoms with Crippen molar-refractivity contribution < 1.29 is 9.59 Å². The summed E-state index contributed by atoms with van der Waals surface area (Å²) >= 11 is 0. The first-order valence-corrected chi connectivity index (χ1v) is 10.6. The van der Waals surface area contributed by atoms with E-state index in [4.69, 9.17) is 0 Å². The summed E-state index contributed by atoms with van der Waals surface area (Å²) in [5.74, 6) is 1.92. The molecule has 164 valence electrons. The van der Waals surface area contributed by atoms with E-state index in [-0.39, 0.29) is 36.6 Å². The molecule has 2 aliphatic heterocycles. The van der Waals surface area contributed by atoms with Crippen molar-refractivity contribution in [3.05, 3.63) is 0 Å². The molecule has 8 heteroatoms. The highest BCUT2D eigenvalue weighted by molar-refractivity contribution is 5.85. The quantitative estimate of drug-likeness (QED) is 0.668. The van der Waals surface area contributed by atoms with E-state index < -0.39 is 0 Å². The predicted octanol–water partition coefficient (Wildman–Crippen LogP) is 2.06. The van der Waals surface area contributed by atoms with Crippen LogP contribution in [0.15, 0.2) is 0 Å². The van der Waals surface area contributed by atoms with Gasteiger partial charge in [-0.15, -0.1) is 24.8 Å². The first kappa shape index (κ1) is 25.5. The summed E-state index contributed by atoms with van der Waals surface area (Å²) in [7, 11) is 0. The average molecular weight is 437 g/mol. The third-order valence-corrected chi connectivity index (χ3v) is 6.40. The molecule has 0 aromatic rings. The molecule has 6 nitrogen and oxygen atoms in total. The van der Waals surface area contributed by atoms with Gasteiger partial charge in [-0.2, -0.15) is 0 Å². The number of halogens is 2. The Morgan fingerprint density at radius 1 is 1.00 bits per heavy atom. The van der Waals surface area contributed by atoms with Crippen LogP contribution in [0.1, 0.15) is 51.9 Å². The largest absolute Gasteiger partial charge is 0.352 e. The Hall–Kier alpha value is -0.560. The first-order chi connectivity index (χ1) is 12.6. The number of carbonyl (C=O) groups excluding carboxylic acids is 2. The van der Waals surface area contributed by atoms with E-state index in [1.54, 1.807) is 0 Å². The third-order valence-electron chi connectivity index (χ3n) is 6.40. The molecule has 2 heterocycles. The van der Waals surface area contributed by atoms with E-state index in [0.29, 0.717) is 24.9 Å². The smallest absolute Gasteiger partial charge is 0.234 e. The van der Waals surface area contributed by atoms with Gasteiger partial charge in [-0.05, 0) is 63.5 Å². The van der Waals surface area contributed by atoms with Crippen molar-refractivity contribution in [1.29, 1.82) is 0 Å². The zero-order valence-electron chi connectivity index (χ0n) is 17.2. The van der Waals surface area contributed by atoms with Gasteiger partial charge in [-0.25, -0.2) is 0 Å². The fraction of sp³-hybridized carbons (Fsp3) is 0.900. The van der Waals surface area contributed by atoms with Gasteiger partial charge in [0.05, 0.1) is 6.54 Å². The second-order valence-corrected chi connectivity index (χ2v) is 8.58. The fourth-order valence-corrected chi connectivity index (χ4v) is 4.48. The van der Waals surface area contributed by atoms with Gasteiger partial charge in [0.25, 0.3) is 0 Å². The average Bonchev–Trinajstić information content (AvgIpc) is 3.16. The van der Waals surface area contributed by atoms with Crippen molar-refractivity contribution in [2.24, 2.45) is 11.8 Å². The topological polar surface area (TPSA) is 64.7 Å². The van der Waals surface area contributed by atoms with E-state index in [2.05, 4.69) is 22.5 Å². The molecular formula is C20H38Cl2N4O2. The van der Waals surface area contributed by atoms with Crippen molar-refractivity contribution >= 4 is 36.6 Å². The summed E-state index contributed by atoms with van der Waals surface area (Å²) in [5.41, 5.74) is 0. The zero-order chi connectivity index (χ0) is 18.4. The van der Waals surface area contributed by atoms with Crippen molar-refractivity contribution in [2.45, 2.75) is 57.9 Å². The standard InChI is InChI=1S/C20H36N4O2.2ClH/c1-16-2-5-18(6-3-16)22-19(25)15-23-10-12-24(13-11-23)20(26)7-4-17-8-9-21-14-17;;/h16-18,21H,2-15H2,1H3,(H,22,25);2*1H. The molecule has 28 heavy (non-hydrogen) atoms. The Morgan fingerprint density at radius 2 is 1.68 bits per heavy atom. The molecule has 1 saturated carbocycles. The van der Waals surface area contributed by atoms with Crippen molar-refractivity contribution in [3.63, 3.8) is 0 Å². The van der Waals surface area contributed by atoms with Crippen LogP contribution in [0.25, 0.3) is 0 Å². The highest BCUT2D eigenvalue weighted by Gasteiger charge is 2.25. The lowest BCUT2D eigenvalue weighted by molar-refractivity contribution is -0.133. The summed E-state index contributed by atoms with van der Waals surface area (Å²) in [5, 5.41) is 6.57. The van der Waals surface area contributed by atoms with Crippen LogP contribution < -0.4 is 10.6 Å². The van der Waals surface area contributed by atoms with Gasteiger partial charge in [0.1, 0.15) is 0 Å². The minimum absolute atomic E-state index is 0. The first-order valence-electron chi connectivity index (χ1n) is 10.6. The van der Waals surface area contributed by atoms with Crippen LogP contribution in [-0.4, -0.2) is 73.5 Å². The molecule has 2 saturated heterocycles. The Bertz CT molecular complexity index is 473. The minimum Gasteiger partial charge on any atom is -0.352 e. The predicted molar refractivity (Wildman–Crippen MR) is 117 cm³/mol. The van der Waals surface area contributed by atoms with Gasteiger partial charge in [0.2, 0.25) is 11.8 Å². The number of piperazine rings is 1. The molecule has 0 spiro atoms. The zero-order valence-corrected chi connectivity index (χ0v) is 18.8. The molecule has 2 amide bonds. The minimum atomic E-state index is 0. The lowest BCUT2D eigenvalue weighted by atomic mass is 9.87. The molecule has 1 atom stereocenters. The number of rotatable bonds is 6.